The molecule has 0 atom stereocenters. The minimum Gasteiger partial charge on any atom is -0.348 e. The molecule has 2 N–H and O–H groups in total. The van der Waals surface area contributed by atoms with E-state index in [-0.39, 0.29) is 0 Å². The van der Waals surface area contributed by atoms with E-state index in [2.05, 4.69) is 25.4 Å². The second-order valence-corrected chi connectivity index (χ2v) is 2.90. The second kappa shape index (κ2) is 3.91. The third-order valence-electron chi connectivity index (χ3n) is 1.75. The molecule has 0 unspecified atom stereocenters. The Morgan fingerprint density at radius 3 is 3.14 bits per heavy atom. The van der Waals surface area contributed by atoms with E-state index < -0.39 is 0 Å². The van der Waals surface area contributed by atoms with E-state index >= 15 is 0 Å². The highest BCUT2D eigenvalue weighted by atomic mass is 16.5. The fraction of sp³-hybridized carbons (Fsp3) is 0.375. The zero-order valence-electron chi connectivity index (χ0n) is 7.82. The Hall–Kier alpha value is -1.85. The van der Waals surface area contributed by atoms with Crippen LogP contribution in [0.3, 0.4) is 0 Å². The van der Waals surface area contributed by atoms with Gasteiger partial charge in [-0.2, -0.15) is 4.98 Å². The van der Waals surface area contributed by atoms with Crippen molar-refractivity contribution in [2.45, 2.75) is 13.3 Å². The van der Waals surface area contributed by atoms with Crippen LogP contribution in [0, 0.1) is 6.92 Å². The molecule has 6 heteroatoms. The number of imidazole rings is 1. The highest BCUT2D eigenvalue weighted by Gasteiger charge is 2.00. The van der Waals surface area contributed by atoms with Crippen molar-refractivity contribution >= 4 is 6.01 Å². The number of rotatable bonds is 4. The van der Waals surface area contributed by atoms with Crippen molar-refractivity contribution in [1.29, 1.82) is 0 Å². The lowest BCUT2D eigenvalue weighted by molar-refractivity contribution is 0.425. The molecule has 0 amide bonds. The van der Waals surface area contributed by atoms with Crippen LogP contribution in [0.25, 0.3) is 0 Å². The van der Waals surface area contributed by atoms with Gasteiger partial charge in [-0.05, 0) is 6.92 Å². The van der Waals surface area contributed by atoms with E-state index in [1.165, 1.54) is 0 Å². The maximum absolute atomic E-state index is 4.89. The van der Waals surface area contributed by atoms with Crippen LogP contribution >= 0.6 is 0 Å². The molecular formula is C8H11N5O. The standard InChI is InChI=1S/C8H11N5O/c1-6-12-8(14-13-6)10-3-2-7-4-9-5-11-7/h4-5H,2-3H2,1H3,(H,9,11)(H,10,12,13). The van der Waals surface area contributed by atoms with E-state index in [0.717, 1.165) is 18.7 Å². The summed E-state index contributed by atoms with van der Waals surface area (Å²) in [6.45, 7) is 2.52. The van der Waals surface area contributed by atoms with E-state index in [0.29, 0.717) is 11.8 Å². The number of anilines is 1. The Balaban J connectivity index is 1.78. The molecular weight excluding hydrogens is 182 g/mol. The fourth-order valence-corrected chi connectivity index (χ4v) is 1.09. The SMILES string of the molecule is Cc1noc(NCCc2cnc[nH]2)n1. The van der Waals surface area contributed by atoms with Crippen molar-refractivity contribution in [3.63, 3.8) is 0 Å². The summed E-state index contributed by atoms with van der Waals surface area (Å²) >= 11 is 0. The topological polar surface area (TPSA) is 79.6 Å². The third-order valence-corrected chi connectivity index (χ3v) is 1.75. The van der Waals surface area contributed by atoms with Gasteiger partial charge in [0, 0.05) is 24.9 Å². The molecule has 0 spiro atoms. The Labute approximate surface area is 80.7 Å². The minimum atomic E-state index is 0.460. The second-order valence-electron chi connectivity index (χ2n) is 2.90. The summed E-state index contributed by atoms with van der Waals surface area (Å²) in [4.78, 5) is 10.9. The normalized spacial score (nSPS) is 10.4. The van der Waals surface area contributed by atoms with Gasteiger partial charge < -0.3 is 14.8 Å². The van der Waals surface area contributed by atoms with E-state index in [9.17, 15) is 0 Å². The fourth-order valence-electron chi connectivity index (χ4n) is 1.09. The van der Waals surface area contributed by atoms with Gasteiger partial charge in [0.25, 0.3) is 0 Å². The average molecular weight is 193 g/mol. The van der Waals surface area contributed by atoms with Crippen molar-refractivity contribution in [3.05, 3.63) is 24.0 Å². The van der Waals surface area contributed by atoms with Crippen molar-refractivity contribution in [1.82, 2.24) is 20.1 Å². The lowest BCUT2D eigenvalue weighted by Gasteiger charge is -1.97. The molecule has 14 heavy (non-hydrogen) atoms. The van der Waals surface area contributed by atoms with Crippen molar-refractivity contribution in [2.75, 3.05) is 11.9 Å². The molecule has 6 nitrogen and oxygen atoms in total. The van der Waals surface area contributed by atoms with Crippen molar-refractivity contribution in [3.8, 4) is 0 Å². The Bertz CT molecular complexity index is 380. The first-order valence-corrected chi connectivity index (χ1v) is 4.36. The third kappa shape index (κ3) is 2.09. The van der Waals surface area contributed by atoms with E-state index in [1.807, 2.05) is 0 Å². The summed E-state index contributed by atoms with van der Waals surface area (Å²) < 4.78 is 4.89. The van der Waals surface area contributed by atoms with Crippen LogP contribution in [0.5, 0.6) is 0 Å². The zero-order chi connectivity index (χ0) is 9.80. The van der Waals surface area contributed by atoms with Crippen LogP contribution in [0.2, 0.25) is 0 Å². The quantitative estimate of drug-likeness (QED) is 0.749. The van der Waals surface area contributed by atoms with Crippen LogP contribution in [-0.2, 0) is 6.42 Å². The lowest BCUT2D eigenvalue weighted by Crippen LogP contribution is -2.05. The van der Waals surface area contributed by atoms with Gasteiger partial charge in [-0.3, -0.25) is 0 Å². The van der Waals surface area contributed by atoms with Crippen molar-refractivity contribution in [2.24, 2.45) is 0 Å². The molecule has 0 saturated heterocycles. The molecule has 2 rings (SSSR count). The highest BCUT2D eigenvalue weighted by molar-refractivity contribution is 5.18. The van der Waals surface area contributed by atoms with Crippen LogP contribution in [0.1, 0.15) is 11.5 Å². The predicted octanol–water partition coefficient (Wildman–Crippen LogP) is 0.756. The van der Waals surface area contributed by atoms with Crippen LogP contribution in [-0.4, -0.2) is 26.7 Å². The van der Waals surface area contributed by atoms with Gasteiger partial charge in [0.05, 0.1) is 6.33 Å². The van der Waals surface area contributed by atoms with Gasteiger partial charge in [0.1, 0.15) is 0 Å². The Morgan fingerprint density at radius 2 is 2.50 bits per heavy atom. The summed E-state index contributed by atoms with van der Waals surface area (Å²) in [7, 11) is 0. The monoisotopic (exact) mass is 193 g/mol. The van der Waals surface area contributed by atoms with Crippen LogP contribution in [0.15, 0.2) is 17.0 Å². The molecule has 0 radical (unpaired) electrons. The predicted molar refractivity (Wildman–Crippen MR) is 49.8 cm³/mol. The number of nitrogens with zero attached hydrogens (tertiary/aromatic N) is 3. The molecule has 74 valence electrons. The number of nitrogens with one attached hydrogen (secondary N) is 2. The molecule has 0 aromatic carbocycles. The first-order valence-electron chi connectivity index (χ1n) is 4.36. The molecule has 2 aromatic heterocycles. The maximum atomic E-state index is 4.89. The smallest absolute Gasteiger partial charge is 0.321 e. The number of aryl methyl sites for hydroxylation is 1. The molecule has 0 aliphatic heterocycles. The molecule has 2 heterocycles. The van der Waals surface area contributed by atoms with Gasteiger partial charge in [-0.1, -0.05) is 5.16 Å². The molecule has 0 fully saturated rings. The Morgan fingerprint density at radius 1 is 1.57 bits per heavy atom. The summed E-state index contributed by atoms with van der Waals surface area (Å²) in [5, 5.41) is 6.68. The molecule has 0 aliphatic carbocycles. The summed E-state index contributed by atoms with van der Waals surface area (Å²) in [6.07, 6.45) is 4.30. The first kappa shape index (κ1) is 8.74. The molecule has 0 bridgehead atoms. The van der Waals surface area contributed by atoms with E-state index in [4.69, 9.17) is 4.52 Å². The average Bonchev–Trinajstić information content (AvgIpc) is 2.77. The summed E-state index contributed by atoms with van der Waals surface area (Å²) in [5.41, 5.74) is 1.08. The molecule has 0 saturated carbocycles. The van der Waals surface area contributed by atoms with Gasteiger partial charge in [0.15, 0.2) is 5.82 Å². The minimum absolute atomic E-state index is 0.460. The lowest BCUT2D eigenvalue weighted by atomic mass is 10.3. The summed E-state index contributed by atoms with van der Waals surface area (Å²) in [5.74, 6) is 0.633. The highest BCUT2D eigenvalue weighted by Crippen LogP contribution is 2.02. The number of hydrogen-bond acceptors (Lipinski definition) is 5. The largest absolute Gasteiger partial charge is 0.348 e. The zero-order valence-corrected chi connectivity index (χ0v) is 7.82. The molecule has 2 aromatic rings. The van der Waals surface area contributed by atoms with Crippen molar-refractivity contribution < 1.29 is 4.52 Å². The van der Waals surface area contributed by atoms with Gasteiger partial charge in [0.2, 0.25) is 0 Å². The number of H-pyrrole nitrogens is 1. The number of hydrogen-bond donors (Lipinski definition) is 2. The van der Waals surface area contributed by atoms with Gasteiger partial charge >= 0.3 is 6.01 Å². The first-order chi connectivity index (χ1) is 6.84. The number of aromatic nitrogens is 4. The number of aromatic amines is 1. The van der Waals surface area contributed by atoms with Crippen LogP contribution in [0.4, 0.5) is 6.01 Å². The summed E-state index contributed by atoms with van der Waals surface area (Å²) in [6, 6.07) is 0.460. The molecule has 0 aliphatic rings. The van der Waals surface area contributed by atoms with Gasteiger partial charge in [-0.25, -0.2) is 4.98 Å². The van der Waals surface area contributed by atoms with Crippen LogP contribution < -0.4 is 5.32 Å². The maximum Gasteiger partial charge on any atom is 0.321 e. The Kier molecular flexibility index (Phi) is 2.44. The van der Waals surface area contributed by atoms with E-state index in [1.54, 1.807) is 19.4 Å². The van der Waals surface area contributed by atoms with Gasteiger partial charge in [-0.15, -0.1) is 0 Å².